The molecule has 3 N–H and O–H groups in total. The van der Waals surface area contributed by atoms with Crippen LogP contribution < -0.4 is 5.73 Å². The molecule has 2 fully saturated rings. The number of hydrogen-bond donors (Lipinski definition) is 2. The minimum Gasteiger partial charge on any atom is -0.480 e. The monoisotopic (exact) mass is 215 g/mol. The van der Waals surface area contributed by atoms with E-state index >= 15 is 0 Å². The van der Waals surface area contributed by atoms with Crippen LogP contribution >= 0.6 is 0 Å². The molecule has 2 rings (SSSR count). The molecule has 2 aliphatic rings. The number of ether oxygens (including phenoxy) is 2. The first-order valence-electron chi connectivity index (χ1n) is 5.33. The summed E-state index contributed by atoms with van der Waals surface area (Å²) >= 11 is 0. The van der Waals surface area contributed by atoms with E-state index in [1.807, 2.05) is 0 Å². The van der Waals surface area contributed by atoms with E-state index in [0.29, 0.717) is 26.2 Å². The van der Waals surface area contributed by atoms with Crippen LogP contribution in [0.2, 0.25) is 0 Å². The highest BCUT2D eigenvalue weighted by Crippen LogP contribution is 2.36. The van der Waals surface area contributed by atoms with E-state index in [1.54, 1.807) is 0 Å². The lowest BCUT2D eigenvalue weighted by molar-refractivity contribution is -0.144. The predicted octanol–water partition coefficient (Wildman–Crippen LogP) is -0.0160. The van der Waals surface area contributed by atoms with Crippen molar-refractivity contribution in [3.8, 4) is 0 Å². The van der Waals surface area contributed by atoms with Crippen molar-refractivity contribution in [1.29, 1.82) is 0 Å². The lowest BCUT2D eigenvalue weighted by atomic mass is 9.81. The number of aliphatic carboxylic acids is 1. The highest BCUT2D eigenvalue weighted by atomic mass is 16.6. The van der Waals surface area contributed by atoms with E-state index in [2.05, 4.69) is 0 Å². The van der Waals surface area contributed by atoms with Gasteiger partial charge in [-0.3, -0.25) is 4.79 Å². The second-order valence-corrected chi connectivity index (χ2v) is 4.45. The average Bonchev–Trinajstić information content (AvgIpc) is 2.65. The Labute approximate surface area is 88.5 Å². The standard InChI is InChI=1S/C10H17NO4/c11-8(9(12)13)7-1-3-15-10(5-7)2-4-14-6-10/h7-8H,1-6,11H2,(H,12,13)/t7?,8-,10?/m1/s1. The first-order valence-corrected chi connectivity index (χ1v) is 5.33. The second kappa shape index (κ2) is 4.08. The maximum absolute atomic E-state index is 10.8. The molecule has 2 aliphatic heterocycles. The molecule has 0 aromatic rings. The third-order valence-corrected chi connectivity index (χ3v) is 3.39. The molecule has 15 heavy (non-hydrogen) atoms. The first-order chi connectivity index (χ1) is 7.13. The van der Waals surface area contributed by atoms with Crippen molar-refractivity contribution < 1.29 is 19.4 Å². The predicted molar refractivity (Wildman–Crippen MR) is 52.5 cm³/mol. The van der Waals surface area contributed by atoms with Crippen molar-refractivity contribution in [2.45, 2.75) is 30.9 Å². The van der Waals surface area contributed by atoms with E-state index in [1.165, 1.54) is 0 Å². The molecule has 0 aliphatic carbocycles. The van der Waals surface area contributed by atoms with Crippen molar-refractivity contribution in [2.24, 2.45) is 11.7 Å². The molecule has 0 saturated carbocycles. The summed E-state index contributed by atoms with van der Waals surface area (Å²) in [4.78, 5) is 10.8. The van der Waals surface area contributed by atoms with Crippen molar-refractivity contribution in [3.05, 3.63) is 0 Å². The number of carboxylic acid groups (broad SMARTS) is 1. The van der Waals surface area contributed by atoms with Crippen LogP contribution in [0.3, 0.4) is 0 Å². The number of carbonyl (C=O) groups is 1. The molecule has 0 aromatic carbocycles. The minimum atomic E-state index is -0.920. The molecule has 2 saturated heterocycles. The Morgan fingerprint density at radius 1 is 1.53 bits per heavy atom. The molecule has 0 radical (unpaired) electrons. The Morgan fingerprint density at radius 2 is 2.33 bits per heavy atom. The van der Waals surface area contributed by atoms with Crippen LogP contribution in [-0.4, -0.2) is 42.5 Å². The number of rotatable bonds is 2. The van der Waals surface area contributed by atoms with E-state index in [0.717, 1.165) is 12.8 Å². The van der Waals surface area contributed by atoms with Crippen molar-refractivity contribution >= 4 is 5.97 Å². The van der Waals surface area contributed by atoms with Gasteiger partial charge in [0.2, 0.25) is 0 Å². The van der Waals surface area contributed by atoms with Gasteiger partial charge >= 0.3 is 5.97 Å². The zero-order valence-corrected chi connectivity index (χ0v) is 8.65. The fourth-order valence-electron chi connectivity index (χ4n) is 2.44. The molecular weight excluding hydrogens is 198 g/mol. The summed E-state index contributed by atoms with van der Waals surface area (Å²) < 4.78 is 11.0. The van der Waals surface area contributed by atoms with E-state index < -0.39 is 12.0 Å². The number of hydrogen-bond acceptors (Lipinski definition) is 4. The van der Waals surface area contributed by atoms with Crippen LogP contribution in [0.15, 0.2) is 0 Å². The van der Waals surface area contributed by atoms with Crippen LogP contribution in [0.4, 0.5) is 0 Å². The summed E-state index contributed by atoms with van der Waals surface area (Å²) in [7, 11) is 0. The fraction of sp³-hybridized carbons (Fsp3) is 0.900. The molecule has 0 bridgehead atoms. The molecule has 5 heteroatoms. The third kappa shape index (κ3) is 2.14. The molecule has 1 spiro atoms. The smallest absolute Gasteiger partial charge is 0.320 e. The second-order valence-electron chi connectivity index (χ2n) is 4.45. The fourth-order valence-corrected chi connectivity index (χ4v) is 2.44. The van der Waals surface area contributed by atoms with Gasteiger partial charge in [-0.2, -0.15) is 0 Å². The normalized spacial score (nSPS) is 38.1. The third-order valence-electron chi connectivity index (χ3n) is 3.39. The van der Waals surface area contributed by atoms with Gasteiger partial charge in [-0.15, -0.1) is 0 Å². The van der Waals surface area contributed by atoms with Gasteiger partial charge in [0.25, 0.3) is 0 Å². The summed E-state index contributed by atoms with van der Waals surface area (Å²) in [5, 5.41) is 8.87. The zero-order chi connectivity index (χ0) is 10.9. The highest BCUT2D eigenvalue weighted by molar-refractivity contribution is 5.73. The van der Waals surface area contributed by atoms with Crippen molar-refractivity contribution in [3.63, 3.8) is 0 Å². The quantitative estimate of drug-likeness (QED) is 0.676. The molecule has 86 valence electrons. The lowest BCUT2D eigenvalue weighted by Gasteiger charge is -2.38. The number of carboxylic acids is 1. The number of nitrogens with two attached hydrogens (primary N) is 1. The molecule has 2 heterocycles. The van der Waals surface area contributed by atoms with Crippen molar-refractivity contribution in [2.75, 3.05) is 19.8 Å². The average molecular weight is 215 g/mol. The van der Waals surface area contributed by atoms with E-state index in [4.69, 9.17) is 20.3 Å². The summed E-state index contributed by atoms with van der Waals surface area (Å²) in [6.07, 6.45) is 2.30. The summed E-state index contributed by atoms with van der Waals surface area (Å²) in [5.41, 5.74) is 5.39. The molecule has 0 amide bonds. The van der Waals surface area contributed by atoms with Crippen LogP contribution in [0.1, 0.15) is 19.3 Å². The van der Waals surface area contributed by atoms with Gasteiger partial charge < -0.3 is 20.3 Å². The van der Waals surface area contributed by atoms with Crippen LogP contribution in [0, 0.1) is 5.92 Å². The summed E-state index contributed by atoms with van der Waals surface area (Å²) in [6.45, 7) is 1.87. The first kappa shape index (κ1) is 10.9. The molecule has 0 aromatic heterocycles. The molecular formula is C10H17NO4. The topological polar surface area (TPSA) is 81.8 Å². The SMILES string of the molecule is N[C@@H](C(=O)O)C1CCOC2(CCOC2)C1. The molecule has 3 atom stereocenters. The van der Waals surface area contributed by atoms with Crippen LogP contribution in [0.5, 0.6) is 0 Å². The van der Waals surface area contributed by atoms with Gasteiger partial charge in [0.1, 0.15) is 6.04 Å². The molecule has 2 unspecified atom stereocenters. The Hall–Kier alpha value is -0.650. The Balaban J connectivity index is 2.00. The van der Waals surface area contributed by atoms with Gasteiger partial charge in [0.05, 0.1) is 12.2 Å². The van der Waals surface area contributed by atoms with Gasteiger partial charge in [-0.1, -0.05) is 0 Å². The van der Waals surface area contributed by atoms with E-state index in [-0.39, 0.29) is 11.5 Å². The highest BCUT2D eigenvalue weighted by Gasteiger charge is 2.43. The Kier molecular flexibility index (Phi) is 2.95. The van der Waals surface area contributed by atoms with Crippen molar-refractivity contribution in [1.82, 2.24) is 0 Å². The Morgan fingerprint density at radius 3 is 2.93 bits per heavy atom. The van der Waals surface area contributed by atoms with E-state index in [9.17, 15) is 4.79 Å². The Bertz CT molecular complexity index is 250. The van der Waals surface area contributed by atoms with Gasteiger partial charge in [-0.05, 0) is 18.8 Å². The van der Waals surface area contributed by atoms with Crippen LogP contribution in [0.25, 0.3) is 0 Å². The van der Waals surface area contributed by atoms with Crippen LogP contribution in [-0.2, 0) is 14.3 Å². The van der Waals surface area contributed by atoms with Gasteiger partial charge in [0, 0.05) is 19.6 Å². The maximum atomic E-state index is 10.8. The largest absolute Gasteiger partial charge is 0.480 e. The summed E-state index contributed by atoms with van der Waals surface area (Å²) in [6, 6.07) is -0.772. The molecule has 5 nitrogen and oxygen atoms in total. The van der Waals surface area contributed by atoms with Gasteiger partial charge in [-0.25, -0.2) is 0 Å². The minimum absolute atomic E-state index is 0.0120. The zero-order valence-electron chi connectivity index (χ0n) is 8.65. The maximum Gasteiger partial charge on any atom is 0.320 e. The lowest BCUT2D eigenvalue weighted by Crippen LogP contribution is -2.48. The summed E-state index contributed by atoms with van der Waals surface area (Å²) in [5.74, 6) is -0.908. The van der Waals surface area contributed by atoms with Gasteiger partial charge in [0.15, 0.2) is 0 Å².